The zero-order valence-electron chi connectivity index (χ0n) is 34.3. The van der Waals surface area contributed by atoms with E-state index in [-0.39, 0.29) is 43.1 Å². The number of hydrogen-bond acceptors (Lipinski definition) is 11. The summed E-state index contributed by atoms with van der Waals surface area (Å²) in [6, 6.07) is 28.5. The number of methoxy groups -OCH3 is 3. The van der Waals surface area contributed by atoms with Gasteiger partial charge in [0.25, 0.3) is 11.8 Å². The van der Waals surface area contributed by atoms with Gasteiger partial charge in [0.1, 0.15) is 19.0 Å². The first-order valence-corrected chi connectivity index (χ1v) is 20.4. The van der Waals surface area contributed by atoms with Crippen LogP contribution in [0.2, 0.25) is 0 Å². The molecule has 0 spiro atoms. The zero-order chi connectivity index (χ0) is 42.0. The third-order valence-corrected chi connectivity index (χ3v) is 11.6. The van der Waals surface area contributed by atoms with Gasteiger partial charge in [-0.05, 0) is 84.0 Å². The molecule has 4 aliphatic heterocycles. The van der Waals surface area contributed by atoms with Crippen molar-refractivity contribution in [3.8, 4) is 28.7 Å². The lowest BCUT2D eigenvalue weighted by Gasteiger charge is -2.22. The van der Waals surface area contributed by atoms with Gasteiger partial charge < -0.3 is 38.6 Å². The highest BCUT2D eigenvalue weighted by Crippen LogP contribution is 2.43. The second-order valence-corrected chi connectivity index (χ2v) is 15.4. The molecular formula is C48H46N4O9. The Balaban J connectivity index is 0.948. The van der Waals surface area contributed by atoms with Crippen LogP contribution in [-0.2, 0) is 35.6 Å². The molecule has 0 saturated heterocycles. The van der Waals surface area contributed by atoms with Gasteiger partial charge in [-0.25, -0.2) is 0 Å². The number of anilines is 3. The number of hydrogen-bond donors (Lipinski definition) is 1. The molecule has 9 rings (SSSR count). The van der Waals surface area contributed by atoms with E-state index in [1.165, 1.54) is 7.11 Å². The minimum absolute atomic E-state index is 0.00614. The van der Waals surface area contributed by atoms with Crippen LogP contribution < -0.4 is 38.8 Å². The molecule has 2 unspecified atom stereocenters. The molecule has 13 nitrogen and oxygen atoms in total. The van der Waals surface area contributed by atoms with Crippen LogP contribution in [0.3, 0.4) is 0 Å². The number of rotatable bonds is 14. The number of para-hydroxylation sites is 2. The Morgan fingerprint density at radius 1 is 0.705 bits per heavy atom. The van der Waals surface area contributed by atoms with Gasteiger partial charge in [0.05, 0.1) is 62.5 Å². The maximum atomic E-state index is 14.0. The van der Waals surface area contributed by atoms with Crippen molar-refractivity contribution < 1.29 is 42.8 Å². The van der Waals surface area contributed by atoms with Crippen molar-refractivity contribution in [2.24, 2.45) is 4.99 Å². The van der Waals surface area contributed by atoms with E-state index in [4.69, 9.17) is 33.4 Å². The second-order valence-electron chi connectivity index (χ2n) is 15.4. The van der Waals surface area contributed by atoms with Gasteiger partial charge in [-0.15, -0.1) is 0 Å². The number of esters is 1. The van der Waals surface area contributed by atoms with Crippen molar-refractivity contribution in [1.82, 2.24) is 0 Å². The summed E-state index contributed by atoms with van der Waals surface area (Å²) in [6.45, 7) is 1.26. The number of unbranched alkanes of at least 4 members (excludes halogenated alkanes) is 1. The fourth-order valence-corrected chi connectivity index (χ4v) is 8.57. The summed E-state index contributed by atoms with van der Waals surface area (Å²) in [5.41, 5.74) is 7.81. The van der Waals surface area contributed by atoms with E-state index in [0.29, 0.717) is 90.1 Å². The average molecular weight is 823 g/mol. The highest BCUT2D eigenvalue weighted by Gasteiger charge is 2.38. The third-order valence-electron chi connectivity index (χ3n) is 11.6. The number of benzene rings is 5. The molecule has 1 N–H and O–H groups in total. The van der Waals surface area contributed by atoms with Crippen molar-refractivity contribution in [2.75, 3.05) is 49.6 Å². The number of fused-ring (bicyclic) bond motifs is 8. The topological polar surface area (TPSA) is 137 Å². The standard InChI is InChI=1S/C48H46N4O9/c1-56-42-21-36-38(49-25-33-19-31-10-4-6-12-40(31)51(33)47(36)54)23-44(42)60-27-29-16-30(18-35(17-29)59-15-9-8-14-46(53)58-3)28-61-45-24-39-37(22-43(45)57-2)48(55)52-34(26-50-39)20-32-11-5-7-13-41(32)52/h4-7,10-13,16-18,21-25,33-34,50H,8-9,14-15,19-20,26-28H2,1-3H3. The van der Waals surface area contributed by atoms with Crippen LogP contribution in [0.25, 0.3) is 0 Å². The van der Waals surface area contributed by atoms with Gasteiger partial charge in [-0.2, -0.15) is 0 Å². The minimum atomic E-state index is -0.258. The lowest BCUT2D eigenvalue weighted by molar-refractivity contribution is -0.140. The van der Waals surface area contributed by atoms with Crippen LogP contribution in [0.4, 0.5) is 22.7 Å². The molecule has 4 heterocycles. The largest absolute Gasteiger partial charge is 0.494 e. The predicted octanol–water partition coefficient (Wildman–Crippen LogP) is 7.87. The van der Waals surface area contributed by atoms with Crippen LogP contribution in [0.5, 0.6) is 28.7 Å². The third kappa shape index (κ3) is 7.79. The Labute approximate surface area is 353 Å². The maximum absolute atomic E-state index is 14.0. The van der Waals surface area contributed by atoms with Crippen LogP contribution in [0, 0.1) is 0 Å². The van der Waals surface area contributed by atoms with Crippen molar-refractivity contribution in [3.05, 3.63) is 124 Å². The van der Waals surface area contributed by atoms with Crippen molar-refractivity contribution in [1.29, 1.82) is 0 Å². The van der Waals surface area contributed by atoms with Crippen LogP contribution in [0.1, 0.15) is 62.2 Å². The van der Waals surface area contributed by atoms with E-state index in [1.54, 1.807) is 37.3 Å². The van der Waals surface area contributed by atoms with E-state index in [2.05, 4.69) is 11.4 Å². The molecule has 2 atom stereocenters. The fraction of sp³-hybridized carbons (Fsp3) is 0.292. The van der Waals surface area contributed by atoms with E-state index in [1.807, 2.05) is 77.8 Å². The summed E-state index contributed by atoms with van der Waals surface area (Å²) in [4.78, 5) is 48.0. The SMILES string of the molecule is COC(=O)CCCCOc1cc(COc2cc3c(cc2OC)C(=O)N2c4ccccc4CC2C=N3)cc(COc2cc3c(cc2OC)C(=O)N2c4ccccc4CC2CN3)c1. The molecule has 0 aliphatic carbocycles. The summed E-state index contributed by atoms with van der Waals surface area (Å²) in [6.07, 6.45) is 4.89. The molecule has 4 aliphatic rings. The average Bonchev–Trinajstić information content (AvgIpc) is 3.78. The van der Waals surface area contributed by atoms with Gasteiger partial charge in [0.2, 0.25) is 0 Å². The molecule has 2 amide bonds. The highest BCUT2D eigenvalue weighted by atomic mass is 16.5. The minimum Gasteiger partial charge on any atom is -0.494 e. The Hall–Kier alpha value is -7.02. The van der Waals surface area contributed by atoms with E-state index in [0.717, 1.165) is 40.0 Å². The van der Waals surface area contributed by atoms with Crippen molar-refractivity contribution >= 4 is 46.7 Å². The Kier molecular flexibility index (Phi) is 10.9. The van der Waals surface area contributed by atoms with E-state index >= 15 is 0 Å². The fourth-order valence-electron chi connectivity index (χ4n) is 8.57. The van der Waals surface area contributed by atoms with Gasteiger partial charge in [0, 0.05) is 49.1 Å². The summed E-state index contributed by atoms with van der Waals surface area (Å²) >= 11 is 0. The molecule has 5 aromatic carbocycles. The quantitative estimate of drug-likeness (QED) is 0.0871. The lowest BCUT2D eigenvalue weighted by Crippen LogP contribution is -2.39. The van der Waals surface area contributed by atoms with Crippen LogP contribution >= 0.6 is 0 Å². The summed E-state index contributed by atoms with van der Waals surface area (Å²) in [7, 11) is 4.48. The van der Waals surface area contributed by atoms with Crippen molar-refractivity contribution in [2.45, 2.75) is 57.4 Å². The van der Waals surface area contributed by atoms with Gasteiger partial charge in [-0.1, -0.05) is 36.4 Å². The Morgan fingerprint density at radius 3 is 2.05 bits per heavy atom. The zero-order valence-corrected chi connectivity index (χ0v) is 34.3. The van der Waals surface area contributed by atoms with Gasteiger partial charge in [0.15, 0.2) is 23.0 Å². The van der Waals surface area contributed by atoms with Gasteiger partial charge >= 0.3 is 5.97 Å². The molecule has 61 heavy (non-hydrogen) atoms. The molecular weight excluding hydrogens is 777 g/mol. The Bertz CT molecular complexity index is 2560. The number of amides is 2. The molecule has 5 aromatic rings. The number of aliphatic imine (C=N–C) groups is 1. The first-order chi connectivity index (χ1) is 29.8. The van der Waals surface area contributed by atoms with Crippen LogP contribution in [0.15, 0.2) is 96.0 Å². The first-order valence-electron chi connectivity index (χ1n) is 20.4. The molecule has 0 bridgehead atoms. The van der Waals surface area contributed by atoms with Crippen molar-refractivity contribution in [3.63, 3.8) is 0 Å². The van der Waals surface area contributed by atoms with E-state index < -0.39 is 0 Å². The molecule has 0 radical (unpaired) electrons. The predicted molar refractivity (Wildman–Crippen MR) is 231 cm³/mol. The Morgan fingerprint density at radius 2 is 1.34 bits per heavy atom. The van der Waals surface area contributed by atoms with Crippen LogP contribution in [-0.4, -0.2) is 70.6 Å². The summed E-state index contributed by atoms with van der Waals surface area (Å²) in [5, 5.41) is 3.49. The molecule has 312 valence electrons. The van der Waals surface area contributed by atoms with E-state index in [9.17, 15) is 14.4 Å². The number of nitrogens with zero attached hydrogens (tertiary/aromatic N) is 3. The molecule has 0 fully saturated rings. The normalized spacial score (nSPS) is 16.8. The second kappa shape index (κ2) is 16.9. The summed E-state index contributed by atoms with van der Waals surface area (Å²) in [5.74, 6) is 1.86. The monoisotopic (exact) mass is 822 g/mol. The number of carbonyl (C=O) groups is 3. The number of nitrogens with one attached hydrogen (secondary N) is 1. The summed E-state index contributed by atoms with van der Waals surface area (Å²) < 4.78 is 35.3. The maximum Gasteiger partial charge on any atom is 0.305 e. The lowest BCUT2D eigenvalue weighted by atomic mass is 10.1. The highest BCUT2D eigenvalue weighted by molar-refractivity contribution is 6.15. The smallest absolute Gasteiger partial charge is 0.305 e. The molecule has 0 saturated carbocycles. The van der Waals surface area contributed by atoms with Gasteiger partial charge in [-0.3, -0.25) is 24.3 Å². The number of ether oxygens (including phenoxy) is 6. The first kappa shape index (κ1) is 39.4. The number of carbonyl (C=O) groups excluding carboxylic acids is 3. The molecule has 0 aromatic heterocycles. The molecule has 13 heteroatoms.